The van der Waals surface area contributed by atoms with E-state index < -0.39 is 0 Å². The highest BCUT2D eigenvalue weighted by molar-refractivity contribution is 5.86. The van der Waals surface area contributed by atoms with Crippen LogP contribution in [0.25, 0.3) is 0 Å². The average molecular weight is 251 g/mol. The number of H-pyrrole nitrogens is 1. The predicted octanol–water partition coefficient (Wildman–Crippen LogP) is 0.0300. The van der Waals surface area contributed by atoms with Gasteiger partial charge in [-0.2, -0.15) is 5.10 Å². The zero-order valence-electron chi connectivity index (χ0n) is 6.90. The number of hydrogen-bond donors (Lipinski definition) is 3. The van der Waals surface area contributed by atoms with E-state index in [4.69, 9.17) is 11.5 Å². The van der Waals surface area contributed by atoms with E-state index in [0.29, 0.717) is 25.3 Å². The van der Waals surface area contributed by atoms with Crippen molar-refractivity contribution in [2.24, 2.45) is 11.5 Å². The van der Waals surface area contributed by atoms with E-state index in [1.807, 2.05) is 0 Å². The molecule has 5 nitrogen and oxygen atoms in total. The van der Waals surface area contributed by atoms with Crippen molar-refractivity contribution in [1.82, 2.24) is 15.2 Å². The highest BCUT2D eigenvalue weighted by Crippen LogP contribution is 1.90. The molecule has 0 saturated heterocycles. The van der Waals surface area contributed by atoms with Gasteiger partial charge in [0, 0.05) is 6.42 Å². The van der Waals surface area contributed by atoms with Gasteiger partial charge in [0.1, 0.15) is 5.82 Å². The van der Waals surface area contributed by atoms with Crippen molar-refractivity contribution < 1.29 is 0 Å². The minimum Gasteiger partial charge on any atom is -0.330 e. The fraction of sp³-hybridized carbons (Fsp3) is 0.600. The van der Waals surface area contributed by atoms with E-state index in [2.05, 4.69) is 15.2 Å². The Hall–Kier alpha value is -0.0700. The second-order valence-electron chi connectivity index (χ2n) is 1.94. The molecule has 1 rings (SSSR count). The summed E-state index contributed by atoms with van der Waals surface area (Å²) >= 11 is 0. The highest BCUT2D eigenvalue weighted by atomic mass is 35.5. The van der Waals surface area contributed by atoms with Crippen LogP contribution in [-0.2, 0) is 13.0 Å². The number of aromatic amines is 1. The van der Waals surface area contributed by atoms with Gasteiger partial charge in [-0.1, -0.05) is 0 Å². The molecule has 0 spiro atoms. The van der Waals surface area contributed by atoms with Crippen LogP contribution < -0.4 is 11.5 Å². The highest BCUT2D eigenvalue weighted by Gasteiger charge is 1.98. The Kier molecular flexibility index (Phi) is 14.4. The molecule has 0 fully saturated rings. The van der Waals surface area contributed by atoms with Crippen LogP contribution in [0.15, 0.2) is 0 Å². The first-order valence-electron chi connectivity index (χ1n) is 3.17. The molecular weight excluding hydrogens is 236 g/mol. The van der Waals surface area contributed by atoms with Crippen molar-refractivity contribution in [3.63, 3.8) is 0 Å². The van der Waals surface area contributed by atoms with Gasteiger partial charge < -0.3 is 11.5 Å². The lowest BCUT2D eigenvalue weighted by atomic mass is 10.4. The summed E-state index contributed by atoms with van der Waals surface area (Å²) in [5, 5.41) is 6.58. The van der Waals surface area contributed by atoms with Crippen LogP contribution in [-0.4, -0.2) is 21.7 Å². The second kappa shape index (κ2) is 10.0. The van der Waals surface area contributed by atoms with Gasteiger partial charge in [-0.05, 0) is 6.54 Å². The van der Waals surface area contributed by atoms with E-state index in [9.17, 15) is 0 Å². The summed E-state index contributed by atoms with van der Waals surface area (Å²) in [5.41, 5.74) is 10.6. The normalized spacial score (nSPS) is 7.85. The molecular formula is C5H14Cl3N5. The molecule has 0 atom stereocenters. The number of nitrogens with one attached hydrogen (secondary N) is 1. The Morgan fingerprint density at radius 2 is 1.77 bits per heavy atom. The predicted molar refractivity (Wildman–Crippen MR) is 58.8 cm³/mol. The molecule has 0 amide bonds. The Labute approximate surface area is 95.3 Å². The summed E-state index contributed by atoms with van der Waals surface area (Å²) in [6.07, 6.45) is 0.705. The SMILES string of the molecule is Cl.Cl.Cl.NCCc1n[nH]c(CN)n1. The van der Waals surface area contributed by atoms with Crippen LogP contribution >= 0.6 is 37.2 Å². The van der Waals surface area contributed by atoms with Crippen molar-refractivity contribution in [3.05, 3.63) is 11.6 Å². The van der Waals surface area contributed by atoms with E-state index in [1.165, 1.54) is 0 Å². The molecule has 0 aromatic carbocycles. The molecule has 5 N–H and O–H groups in total. The molecule has 1 aromatic heterocycles. The Bertz CT molecular complexity index is 204. The molecule has 0 aliphatic carbocycles. The number of hydrogen-bond acceptors (Lipinski definition) is 4. The molecule has 0 bridgehead atoms. The van der Waals surface area contributed by atoms with Gasteiger partial charge >= 0.3 is 0 Å². The Morgan fingerprint density at radius 1 is 1.15 bits per heavy atom. The molecule has 0 radical (unpaired) electrons. The quantitative estimate of drug-likeness (QED) is 0.705. The van der Waals surface area contributed by atoms with Crippen LogP contribution in [0.4, 0.5) is 0 Å². The van der Waals surface area contributed by atoms with Crippen LogP contribution in [0.5, 0.6) is 0 Å². The first-order valence-corrected chi connectivity index (χ1v) is 3.17. The summed E-state index contributed by atoms with van der Waals surface area (Å²) in [6, 6.07) is 0. The minimum atomic E-state index is 0. The summed E-state index contributed by atoms with van der Waals surface area (Å²) < 4.78 is 0. The van der Waals surface area contributed by atoms with Crippen LogP contribution in [0.2, 0.25) is 0 Å². The number of nitrogens with zero attached hydrogens (tertiary/aromatic N) is 2. The lowest BCUT2D eigenvalue weighted by Gasteiger charge is -1.85. The van der Waals surface area contributed by atoms with Gasteiger partial charge in [0.15, 0.2) is 5.82 Å². The van der Waals surface area contributed by atoms with Crippen molar-refractivity contribution in [1.29, 1.82) is 0 Å². The molecule has 1 aromatic rings. The van der Waals surface area contributed by atoms with Crippen LogP contribution in [0, 0.1) is 0 Å². The van der Waals surface area contributed by atoms with E-state index in [0.717, 1.165) is 5.82 Å². The first-order chi connectivity index (χ1) is 4.86. The maximum atomic E-state index is 5.29. The van der Waals surface area contributed by atoms with E-state index >= 15 is 0 Å². The molecule has 0 aliphatic heterocycles. The monoisotopic (exact) mass is 249 g/mol. The summed E-state index contributed by atoms with van der Waals surface area (Å²) in [5.74, 6) is 1.45. The maximum absolute atomic E-state index is 5.29. The summed E-state index contributed by atoms with van der Waals surface area (Å²) in [4.78, 5) is 4.05. The first kappa shape index (κ1) is 18.7. The van der Waals surface area contributed by atoms with Gasteiger partial charge in [-0.15, -0.1) is 37.2 Å². The minimum absolute atomic E-state index is 0. The van der Waals surface area contributed by atoms with Crippen molar-refractivity contribution in [3.8, 4) is 0 Å². The Morgan fingerprint density at radius 3 is 2.15 bits per heavy atom. The van der Waals surface area contributed by atoms with E-state index in [1.54, 1.807) is 0 Å². The van der Waals surface area contributed by atoms with Gasteiger partial charge in [0.2, 0.25) is 0 Å². The average Bonchev–Trinajstić information content (AvgIpc) is 2.37. The standard InChI is InChI=1S/C5H11N5.3ClH/c6-2-1-4-8-5(3-7)10-9-4;;;/h1-3,6-7H2,(H,8,9,10);3*1H. The van der Waals surface area contributed by atoms with E-state index in [-0.39, 0.29) is 37.2 Å². The molecule has 1 heterocycles. The van der Waals surface area contributed by atoms with Gasteiger partial charge in [0.05, 0.1) is 6.54 Å². The van der Waals surface area contributed by atoms with Gasteiger partial charge in [-0.25, -0.2) is 4.98 Å². The smallest absolute Gasteiger partial charge is 0.152 e. The van der Waals surface area contributed by atoms with Crippen molar-refractivity contribution >= 4 is 37.2 Å². The zero-order valence-corrected chi connectivity index (χ0v) is 9.34. The van der Waals surface area contributed by atoms with Gasteiger partial charge in [-0.3, -0.25) is 5.10 Å². The Balaban J connectivity index is -0.000000333. The van der Waals surface area contributed by atoms with Crippen molar-refractivity contribution in [2.45, 2.75) is 13.0 Å². The zero-order chi connectivity index (χ0) is 7.40. The second-order valence-corrected chi connectivity index (χ2v) is 1.94. The molecule has 80 valence electrons. The molecule has 13 heavy (non-hydrogen) atoms. The molecule has 8 heteroatoms. The fourth-order valence-corrected chi connectivity index (χ4v) is 0.667. The lowest BCUT2D eigenvalue weighted by molar-refractivity contribution is 0.874. The summed E-state index contributed by atoms with van der Waals surface area (Å²) in [7, 11) is 0. The lowest BCUT2D eigenvalue weighted by Crippen LogP contribution is -2.04. The third-order valence-corrected chi connectivity index (χ3v) is 1.14. The maximum Gasteiger partial charge on any atom is 0.152 e. The van der Waals surface area contributed by atoms with Crippen LogP contribution in [0.3, 0.4) is 0 Å². The third-order valence-electron chi connectivity index (χ3n) is 1.14. The summed E-state index contributed by atoms with van der Waals surface area (Å²) in [6.45, 7) is 0.972. The number of aromatic nitrogens is 3. The van der Waals surface area contributed by atoms with Crippen molar-refractivity contribution in [2.75, 3.05) is 6.54 Å². The number of halogens is 3. The molecule has 0 unspecified atom stereocenters. The number of nitrogens with two attached hydrogens (primary N) is 2. The fourth-order valence-electron chi connectivity index (χ4n) is 0.667. The molecule has 0 saturated carbocycles. The number of rotatable bonds is 3. The third kappa shape index (κ3) is 6.06. The van der Waals surface area contributed by atoms with Crippen LogP contribution in [0.1, 0.15) is 11.6 Å². The topological polar surface area (TPSA) is 93.6 Å². The van der Waals surface area contributed by atoms with Gasteiger partial charge in [0.25, 0.3) is 0 Å². The largest absolute Gasteiger partial charge is 0.330 e. The molecule has 0 aliphatic rings.